The summed E-state index contributed by atoms with van der Waals surface area (Å²) >= 11 is 0. The molecular formula is C12H14F3N3O. The van der Waals surface area contributed by atoms with E-state index in [9.17, 15) is 18.0 Å². The van der Waals surface area contributed by atoms with E-state index in [-0.39, 0.29) is 17.4 Å². The molecule has 0 unspecified atom stereocenters. The van der Waals surface area contributed by atoms with Crippen LogP contribution in [0.15, 0.2) is 18.2 Å². The molecule has 3 N–H and O–H groups in total. The van der Waals surface area contributed by atoms with Gasteiger partial charge in [-0.1, -0.05) is 0 Å². The number of anilines is 2. The maximum Gasteiger partial charge on any atom is 0.418 e. The van der Waals surface area contributed by atoms with Gasteiger partial charge in [0.25, 0.3) is 0 Å². The van der Waals surface area contributed by atoms with E-state index in [1.54, 1.807) is 4.90 Å². The third kappa shape index (κ3) is 3.10. The van der Waals surface area contributed by atoms with Crippen molar-refractivity contribution in [3.63, 3.8) is 0 Å². The minimum Gasteiger partial charge on any atom is -0.398 e. The van der Waals surface area contributed by atoms with Crippen LogP contribution in [-0.4, -0.2) is 24.0 Å². The van der Waals surface area contributed by atoms with E-state index in [2.05, 4.69) is 5.32 Å². The molecule has 1 saturated heterocycles. The highest BCUT2D eigenvalue weighted by molar-refractivity contribution is 5.89. The van der Waals surface area contributed by atoms with Crippen molar-refractivity contribution in [1.82, 2.24) is 4.90 Å². The Bertz CT molecular complexity index is 482. The number of urea groups is 1. The molecule has 1 aliphatic rings. The molecule has 0 atom stereocenters. The summed E-state index contributed by atoms with van der Waals surface area (Å²) in [4.78, 5) is 13.3. The fourth-order valence-electron chi connectivity index (χ4n) is 2.00. The van der Waals surface area contributed by atoms with Crippen molar-refractivity contribution in [2.24, 2.45) is 0 Å². The van der Waals surface area contributed by atoms with Crippen LogP contribution in [0.3, 0.4) is 0 Å². The van der Waals surface area contributed by atoms with Gasteiger partial charge in [-0.15, -0.1) is 0 Å². The lowest BCUT2D eigenvalue weighted by Crippen LogP contribution is -2.32. The predicted molar refractivity (Wildman–Crippen MR) is 65.7 cm³/mol. The zero-order valence-corrected chi connectivity index (χ0v) is 10.1. The second kappa shape index (κ2) is 4.99. The minimum absolute atomic E-state index is 0.0958. The number of nitrogens with one attached hydrogen (secondary N) is 1. The van der Waals surface area contributed by atoms with Gasteiger partial charge in [0.2, 0.25) is 0 Å². The van der Waals surface area contributed by atoms with Crippen molar-refractivity contribution in [2.45, 2.75) is 19.0 Å². The molecule has 0 bridgehead atoms. The van der Waals surface area contributed by atoms with Crippen LogP contribution in [0.2, 0.25) is 0 Å². The molecule has 0 aliphatic carbocycles. The highest BCUT2D eigenvalue weighted by Gasteiger charge is 2.33. The molecule has 7 heteroatoms. The van der Waals surface area contributed by atoms with E-state index in [1.165, 1.54) is 6.07 Å². The topological polar surface area (TPSA) is 58.4 Å². The van der Waals surface area contributed by atoms with Gasteiger partial charge < -0.3 is 16.0 Å². The summed E-state index contributed by atoms with van der Waals surface area (Å²) in [5.41, 5.74) is 4.09. The average molecular weight is 273 g/mol. The standard InChI is InChI=1S/C12H14F3N3O/c13-12(14,15)9-7-8(3-4-10(9)16)17-11(19)18-5-1-2-6-18/h3-4,7H,1-2,5-6,16H2,(H,17,19). The maximum atomic E-state index is 12.7. The Labute approximate surface area is 108 Å². The summed E-state index contributed by atoms with van der Waals surface area (Å²) in [6.45, 7) is 1.26. The SMILES string of the molecule is Nc1ccc(NC(=O)N2CCCC2)cc1C(F)(F)F. The quantitative estimate of drug-likeness (QED) is 0.773. The van der Waals surface area contributed by atoms with Crippen molar-refractivity contribution in [1.29, 1.82) is 0 Å². The van der Waals surface area contributed by atoms with Crippen LogP contribution in [0.4, 0.5) is 29.3 Å². The molecule has 1 fully saturated rings. The van der Waals surface area contributed by atoms with Crippen LogP contribution in [0, 0.1) is 0 Å². The minimum atomic E-state index is -4.53. The Morgan fingerprint density at radius 2 is 1.89 bits per heavy atom. The van der Waals surface area contributed by atoms with E-state index >= 15 is 0 Å². The average Bonchev–Trinajstić information content (AvgIpc) is 2.83. The molecule has 2 rings (SSSR count). The number of amides is 2. The summed E-state index contributed by atoms with van der Waals surface area (Å²) in [6.07, 6.45) is -2.69. The molecule has 19 heavy (non-hydrogen) atoms. The van der Waals surface area contributed by atoms with Gasteiger partial charge in [0, 0.05) is 24.5 Å². The van der Waals surface area contributed by atoms with Crippen molar-refractivity contribution >= 4 is 17.4 Å². The number of hydrogen-bond acceptors (Lipinski definition) is 2. The summed E-state index contributed by atoms with van der Waals surface area (Å²) in [5, 5.41) is 2.46. The Morgan fingerprint density at radius 1 is 1.26 bits per heavy atom. The van der Waals surface area contributed by atoms with Gasteiger partial charge in [0.05, 0.1) is 5.56 Å². The van der Waals surface area contributed by atoms with Gasteiger partial charge in [-0.3, -0.25) is 0 Å². The zero-order valence-electron chi connectivity index (χ0n) is 10.1. The summed E-state index contributed by atoms with van der Waals surface area (Å²) < 4.78 is 38.0. The van der Waals surface area contributed by atoms with Crippen LogP contribution in [0.25, 0.3) is 0 Å². The summed E-state index contributed by atoms with van der Waals surface area (Å²) in [6, 6.07) is 2.97. The molecule has 0 radical (unpaired) electrons. The Balaban J connectivity index is 2.15. The highest BCUT2D eigenvalue weighted by Crippen LogP contribution is 2.35. The first-order chi connectivity index (χ1) is 8.88. The Morgan fingerprint density at radius 3 is 2.47 bits per heavy atom. The van der Waals surface area contributed by atoms with E-state index in [0.717, 1.165) is 25.0 Å². The Hall–Kier alpha value is -1.92. The van der Waals surface area contributed by atoms with E-state index < -0.39 is 11.7 Å². The zero-order chi connectivity index (χ0) is 14.0. The predicted octanol–water partition coefficient (Wildman–Crippen LogP) is 2.92. The first-order valence-corrected chi connectivity index (χ1v) is 5.90. The van der Waals surface area contributed by atoms with Crippen LogP contribution in [0.1, 0.15) is 18.4 Å². The molecule has 0 spiro atoms. The molecule has 0 aromatic heterocycles. The molecule has 1 aliphatic heterocycles. The largest absolute Gasteiger partial charge is 0.418 e. The number of carbonyl (C=O) groups excluding carboxylic acids is 1. The van der Waals surface area contributed by atoms with E-state index in [0.29, 0.717) is 13.1 Å². The monoisotopic (exact) mass is 273 g/mol. The normalized spacial score (nSPS) is 15.6. The number of rotatable bonds is 1. The fourth-order valence-corrected chi connectivity index (χ4v) is 2.00. The molecular weight excluding hydrogens is 259 g/mol. The second-order valence-electron chi connectivity index (χ2n) is 4.42. The lowest BCUT2D eigenvalue weighted by Gasteiger charge is -2.17. The molecule has 2 amide bonds. The van der Waals surface area contributed by atoms with Crippen molar-refractivity contribution in [3.05, 3.63) is 23.8 Å². The molecule has 1 aromatic carbocycles. The number of nitrogens with zero attached hydrogens (tertiary/aromatic N) is 1. The number of nitrogens with two attached hydrogens (primary N) is 1. The van der Waals surface area contributed by atoms with Gasteiger partial charge in [-0.25, -0.2) is 4.79 Å². The number of benzene rings is 1. The number of carbonyl (C=O) groups is 1. The molecule has 1 heterocycles. The summed E-state index contributed by atoms with van der Waals surface area (Å²) in [7, 11) is 0. The molecule has 0 saturated carbocycles. The molecule has 104 valence electrons. The van der Waals surface area contributed by atoms with Crippen LogP contribution >= 0.6 is 0 Å². The van der Waals surface area contributed by atoms with Crippen molar-refractivity contribution < 1.29 is 18.0 Å². The third-order valence-corrected chi connectivity index (χ3v) is 3.00. The number of hydrogen-bond donors (Lipinski definition) is 2. The lowest BCUT2D eigenvalue weighted by molar-refractivity contribution is -0.136. The number of nitrogen functional groups attached to an aromatic ring is 1. The van der Waals surface area contributed by atoms with Crippen molar-refractivity contribution in [3.8, 4) is 0 Å². The Kier molecular flexibility index (Phi) is 3.55. The van der Waals surface area contributed by atoms with Gasteiger partial charge in [-0.2, -0.15) is 13.2 Å². The number of likely N-dealkylation sites (tertiary alicyclic amines) is 1. The number of halogens is 3. The summed E-state index contributed by atoms with van der Waals surface area (Å²) in [5.74, 6) is 0. The van der Waals surface area contributed by atoms with E-state index in [1.807, 2.05) is 0 Å². The smallest absolute Gasteiger partial charge is 0.398 e. The van der Waals surface area contributed by atoms with Crippen molar-refractivity contribution in [2.75, 3.05) is 24.1 Å². The van der Waals surface area contributed by atoms with Crippen LogP contribution in [0.5, 0.6) is 0 Å². The third-order valence-electron chi connectivity index (χ3n) is 3.00. The van der Waals surface area contributed by atoms with Crippen LogP contribution in [-0.2, 0) is 6.18 Å². The fraction of sp³-hybridized carbons (Fsp3) is 0.417. The first kappa shape index (κ1) is 13.5. The van der Waals surface area contributed by atoms with Gasteiger partial charge in [0.15, 0.2) is 0 Å². The lowest BCUT2D eigenvalue weighted by atomic mass is 10.1. The first-order valence-electron chi connectivity index (χ1n) is 5.90. The van der Waals surface area contributed by atoms with Gasteiger partial charge in [-0.05, 0) is 31.0 Å². The second-order valence-corrected chi connectivity index (χ2v) is 4.42. The van der Waals surface area contributed by atoms with Gasteiger partial charge >= 0.3 is 12.2 Å². The molecule has 4 nitrogen and oxygen atoms in total. The maximum absolute atomic E-state index is 12.7. The van der Waals surface area contributed by atoms with Crippen LogP contribution < -0.4 is 11.1 Å². The highest BCUT2D eigenvalue weighted by atomic mass is 19.4. The molecule has 1 aromatic rings. The van der Waals surface area contributed by atoms with E-state index in [4.69, 9.17) is 5.73 Å². The number of alkyl halides is 3. The van der Waals surface area contributed by atoms with Gasteiger partial charge in [0.1, 0.15) is 0 Å².